The van der Waals surface area contributed by atoms with Crippen molar-refractivity contribution in [2.75, 3.05) is 0 Å². The predicted molar refractivity (Wildman–Crippen MR) is 82.7 cm³/mol. The Kier molecular flexibility index (Phi) is 3.10. The van der Waals surface area contributed by atoms with Crippen molar-refractivity contribution in [1.29, 1.82) is 0 Å². The third-order valence-corrected chi connectivity index (χ3v) is 8.35. The molecule has 4 aliphatic carbocycles. The molecule has 0 aromatic carbocycles. The quantitative estimate of drug-likeness (QED) is 0.733. The number of ketones is 1. The van der Waals surface area contributed by atoms with E-state index >= 15 is 0 Å². The Balaban J connectivity index is 1.64. The molecule has 0 spiro atoms. The smallest absolute Gasteiger partial charge is 0.139 e. The average Bonchev–Trinajstić information content (AvgIpc) is 2.76. The van der Waals surface area contributed by atoms with Gasteiger partial charge in [-0.15, -0.1) is 0 Å². The second-order valence-corrected chi connectivity index (χ2v) is 9.00. The highest BCUT2D eigenvalue weighted by atomic mass is 16.3. The lowest BCUT2D eigenvalue weighted by Crippen LogP contribution is -2.54. The molecule has 4 saturated carbocycles. The van der Waals surface area contributed by atoms with Crippen molar-refractivity contribution in [1.82, 2.24) is 0 Å². The van der Waals surface area contributed by atoms with Gasteiger partial charge < -0.3 is 5.11 Å². The van der Waals surface area contributed by atoms with Crippen LogP contribution >= 0.6 is 0 Å². The molecule has 2 nitrogen and oxygen atoms in total. The number of fused-ring (bicyclic) bond motifs is 5. The summed E-state index contributed by atoms with van der Waals surface area (Å²) in [5.74, 6) is 3.54. The molecule has 0 aromatic heterocycles. The summed E-state index contributed by atoms with van der Waals surface area (Å²) in [6.45, 7) is 4.78. The van der Waals surface area contributed by atoms with Gasteiger partial charge in [0.05, 0.1) is 6.10 Å². The maximum Gasteiger partial charge on any atom is 0.139 e. The van der Waals surface area contributed by atoms with Crippen LogP contribution in [0.3, 0.4) is 0 Å². The molecule has 0 aromatic rings. The van der Waals surface area contributed by atoms with Crippen molar-refractivity contribution in [3.05, 3.63) is 0 Å². The molecule has 0 amide bonds. The van der Waals surface area contributed by atoms with Crippen LogP contribution in [0.5, 0.6) is 0 Å². The van der Waals surface area contributed by atoms with E-state index in [-0.39, 0.29) is 11.5 Å². The molecule has 1 N–H and O–H groups in total. The van der Waals surface area contributed by atoms with E-state index in [1.165, 1.54) is 25.7 Å². The van der Waals surface area contributed by atoms with Gasteiger partial charge in [0.15, 0.2) is 0 Å². The normalized spacial score (nSPS) is 56.5. The number of carbonyl (C=O) groups is 1. The Labute approximate surface area is 128 Å². The van der Waals surface area contributed by atoms with E-state index in [4.69, 9.17) is 0 Å². The second-order valence-electron chi connectivity index (χ2n) is 9.00. The van der Waals surface area contributed by atoms with Crippen molar-refractivity contribution >= 4 is 5.78 Å². The fraction of sp³-hybridized carbons (Fsp3) is 0.947. The molecule has 21 heavy (non-hydrogen) atoms. The summed E-state index contributed by atoms with van der Waals surface area (Å²) in [5.41, 5.74) is 0.452. The minimum atomic E-state index is -0.0541. The molecule has 0 heterocycles. The zero-order valence-electron chi connectivity index (χ0n) is 13.6. The maximum atomic E-state index is 12.4. The number of Topliss-reactive ketones (excluding diaryl/α,β-unsaturated/α-hetero) is 1. The molecule has 0 radical (unpaired) electrons. The van der Waals surface area contributed by atoms with E-state index in [9.17, 15) is 9.90 Å². The van der Waals surface area contributed by atoms with Gasteiger partial charge in [-0.1, -0.05) is 13.8 Å². The second kappa shape index (κ2) is 4.57. The molecular formula is C19H30O2. The molecule has 0 saturated heterocycles. The Morgan fingerprint density at radius 1 is 1.00 bits per heavy atom. The number of aliphatic hydroxyl groups is 1. The number of aliphatic hydroxyl groups excluding tert-OH is 1. The molecular weight excluding hydrogens is 260 g/mol. The first-order valence-electron chi connectivity index (χ1n) is 9.16. The highest BCUT2D eigenvalue weighted by Gasteiger charge is 2.60. The van der Waals surface area contributed by atoms with Crippen molar-refractivity contribution in [3.63, 3.8) is 0 Å². The highest BCUT2D eigenvalue weighted by Crippen LogP contribution is 2.65. The van der Waals surface area contributed by atoms with Crippen LogP contribution in [-0.4, -0.2) is 17.0 Å². The van der Waals surface area contributed by atoms with Gasteiger partial charge in [-0.3, -0.25) is 4.79 Å². The molecule has 2 heteroatoms. The first-order valence-corrected chi connectivity index (χ1v) is 9.16. The minimum Gasteiger partial charge on any atom is -0.393 e. The van der Waals surface area contributed by atoms with E-state index in [1.807, 2.05) is 0 Å². The van der Waals surface area contributed by atoms with Gasteiger partial charge in [0.25, 0.3) is 0 Å². The molecule has 4 rings (SSSR count). The average molecular weight is 290 g/mol. The highest BCUT2D eigenvalue weighted by molar-refractivity contribution is 5.87. The first-order chi connectivity index (χ1) is 9.95. The van der Waals surface area contributed by atoms with Gasteiger partial charge in [0, 0.05) is 11.8 Å². The lowest BCUT2D eigenvalue weighted by Gasteiger charge is -2.60. The van der Waals surface area contributed by atoms with Crippen LogP contribution in [0.1, 0.15) is 71.6 Å². The van der Waals surface area contributed by atoms with Crippen molar-refractivity contribution < 1.29 is 9.90 Å². The zero-order valence-corrected chi connectivity index (χ0v) is 13.6. The molecule has 7 atom stereocenters. The molecule has 4 aliphatic rings. The van der Waals surface area contributed by atoms with Gasteiger partial charge in [-0.25, -0.2) is 0 Å². The van der Waals surface area contributed by atoms with E-state index in [2.05, 4.69) is 13.8 Å². The summed E-state index contributed by atoms with van der Waals surface area (Å²) in [7, 11) is 0. The minimum absolute atomic E-state index is 0.0124. The third kappa shape index (κ3) is 1.84. The fourth-order valence-electron chi connectivity index (χ4n) is 7.01. The largest absolute Gasteiger partial charge is 0.393 e. The van der Waals surface area contributed by atoms with Crippen molar-refractivity contribution in [3.8, 4) is 0 Å². The van der Waals surface area contributed by atoms with Gasteiger partial charge >= 0.3 is 0 Å². The van der Waals surface area contributed by atoms with Crippen molar-refractivity contribution in [2.45, 2.75) is 77.7 Å². The van der Waals surface area contributed by atoms with Crippen LogP contribution in [0.2, 0.25) is 0 Å². The van der Waals surface area contributed by atoms with E-state index < -0.39 is 0 Å². The van der Waals surface area contributed by atoms with Crippen LogP contribution in [-0.2, 0) is 4.79 Å². The van der Waals surface area contributed by atoms with Gasteiger partial charge in [0.1, 0.15) is 5.78 Å². The zero-order chi connectivity index (χ0) is 14.8. The van der Waals surface area contributed by atoms with Gasteiger partial charge in [-0.05, 0) is 80.5 Å². The maximum absolute atomic E-state index is 12.4. The van der Waals surface area contributed by atoms with Crippen molar-refractivity contribution in [2.24, 2.45) is 34.5 Å². The summed E-state index contributed by atoms with van der Waals surface area (Å²) in [4.78, 5) is 12.4. The SMILES string of the molecule is C[C@]12CCC3C(CC[C@H]4C[C@@H](O)CC[C@]34C)[C@@H]1CCC2=O. The molecule has 118 valence electrons. The van der Waals surface area contributed by atoms with Gasteiger partial charge in [0.2, 0.25) is 0 Å². The number of carbonyl (C=O) groups excluding carboxylic acids is 1. The summed E-state index contributed by atoms with van der Waals surface area (Å²) in [6.07, 6.45) is 10.1. The van der Waals surface area contributed by atoms with E-state index in [0.29, 0.717) is 17.1 Å². The topological polar surface area (TPSA) is 37.3 Å². The molecule has 4 fully saturated rings. The number of rotatable bonds is 0. The summed E-state index contributed by atoms with van der Waals surface area (Å²) < 4.78 is 0. The Bertz CT molecular complexity index is 458. The van der Waals surface area contributed by atoms with E-state index in [0.717, 1.165) is 49.9 Å². The van der Waals surface area contributed by atoms with Crippen LogP contribution in [0.15, 0.2) is 0 Å². The monoisotopic (exact) mass is 290 g/mol. The van der Waals surface area contributed by atoms with Crippen LogP contribution < -0.4 is 0 Å². The Morgan fingerprint density at radius 2 is 1.81 bits per heavy atom. The predicted octanol–water partition coefficient (Wildman–Crippen LogP) is 3.96. The molecule has 2 unspecified atom stereocenters. The first kappa shape index (κ1) is 14.2. The Morgan fingerprint density at radius 3 is 2.62 bits per heavy atom. The van der Waals surface area contributed by atoms with Crippen LogP contribution in [0.4, 0.5) is 0 Å². The summed E-state index contributed by atoms with van der Waals surface area (Å²) in [6, 6.07) is 0. The molecule has 0 bridgehead atoms. The lowest BCUT2D eigenvalue weighted by atomic mass is 9.45. The fourth-order valence-corrected chi connectivity index (χ4v) is 7.01. The van der Waals surface area contributed by atoms with E-state index in [1.54, 1.807) is 0 Å². The molecule has 0 aliphatic heterocycles. The van der Waals surface area contributed by atoms with Crippen LogP contribution in [0, 0.1) is 34.5 Å². The summed E-state index contributed by atoms with van der Waals surface area (Å²) >= 11 is 0. The lowest BCUT2D eigenvalue weighted by molar-refractivity contribution is -0.142. The summed E-state index contributed by atoms with van der Waals surface area (Å²) in [5, 5.41) is 10.0. The standard InChI is InChI=1S/C19H30O2/c1-18-9-7-13(20)11-12(18)3-4-14-15-5-6-17(21)19(15,2)10-8-16(14)18/h12-16,20H,3-11H2,1-2H3/t12-,13-,14?,15-,16?,18-,19-/m0/s1. The number of hydrogen-bond donors (Lipinski definition) is 1. The number of hydrogen-bond acceptors (Lipinski definition) is 2. The van der Waals surface area contributed by atoms with Crippen LogP contribution in [0.25, 0.3) is 0 Å². The Hall–Kier alpha value is -0.370. The van der Waals surface area contributed by atoms with Gasteiger partial charge in [-0.2, -0.15) is 0 Å². The third-order valence-electron chi connectivity index (χ3n) is 8.35.